The van der Waals surface area contributed by atoms with E-state index in [1.807, 2.05) is 24.3 Å². The van der Waals surface area contributed by atoms with E-state index in [1.54, 1.807) is 19.1 Å². The van der Waals surface area contributed by atoms with Crippen molar-refractivity contribution in [2.75, 3.05) is 30.8 Å². The summed E-state index contributed by atoms with van der Waals surface area (Å²) in [7, 11) is -3.68. The van der Waals surface area contributed by atoms with E-state index in [4.69, 9.17) is 4.74 Å². The average Bonchev–Trinajstić information content (AvgIpc) is 3.43. The summed E-state index contributed by atoms with van der Waals surface area (Å²) in [5.74, 6) is 0.185. The van der Waals surface area contributed by atoms with E-state index in [0.717, 1.165) is 23.9 Å². The summed E-state index contributed by atoms with van der Waals surface area (Å²) in [6.07, 6.45) is 1.69. The Balaban J connectivity index is 1.47. The maximum Gasteiger partial charge on any atom is 0.246 e. The SMILES string of the molecule is CCOc1ccc(NC(=O)CSc2nc3ccccc3[nH]2)cc1S(=O)(=O)N1CCCC1. The topological polar surface area (TPSA) is 104 Å². The summed E-state index contributed by atoms with van der Waals surface area (Å²) in [5, 5.41) is 3.43. The Bertz CT molecular complexity index is 1150. The summed E-state index contributed by atoms with van der Waals surface area (Å²) in [4.78, 5) is 20.2. The van der Waals surface area contributed by atoms with Crippen LogP contribution in [0.1, 0.15) is 19.8 Å². The van der Waals surface area contributed by atoms with Crippen LogP contribution in [0.5, 0.6) is 5.75 Å². The molecule has 0 spiro atoms. The van der Waals surface area contributed by atoms with Crippen molar-refractivity contribution in [3.63, 3.8) is 0 Å². The van der Waals surface area contributed by atoms with Gasteiger partial charge in [-0.05, 0) is 50.1 Å². The Hall–Kier alpha value is -2.56. The highest BCUT2D eigenvalue weighted by atomic mass is 32.2. The van der Waals surface area contributed by atoms with Gasteiger partial charge in [-0.2, -0.15) is 4.31 Å². The number of H-pyrrole nitrogens is 1. The molecular formula is C21H24N4O4S2. The average molecular weight is 461 g/mol. The number of imidazole rings is 1. The van der Waals surface area contributed by atoms with Crippen molar-refractivity contribution in [1.29, 1.82) is 0 Å². The Labute approximate surface area is 185 Å². The second-order valence-corrected chi connectivity index (χ2v) is 9.97. The third-order valence-corrected chi connectivity index (χ3v) is 7.71. The predicted molar refractivity (Wildman–Crippen MR) is 121 cm³/mol. The number of carbonyl (C=O) groups excluding carboxylic acids is 1. The van der Waals surface area contributed by atoms with Gasteiger partial charge >= 0.3 is 0 Å². The first-order valence-electron chi connectivity index (χ1n) is 10.1. The van der Waals surface area contributed by atoms with E-state index < -0.39 is 10.0 Å². The number of rotatable bonds is 8. The van der Waals surface area contributed by atoms with Crippen molar-refractivity contribution < 1.29 is 17.9 Å². The first-order valence-corrected chi connectivity index (χ1v) is 12.5. The van der Waals surface area contributed by atoms with Crippen molar-refractivity contribution in [3.05, 3.63) is 42.5 Å². The lowest BCUT2D eigenvalue weighted by molar-refractivity contribution is -0.113. The Morgan fingerprint density at radius 2 is 2.00 bits per heavy atom. The van der Waals surface area contributed by atoms with Crippen LogP contribution in [0.25, 0.3) is 11.0 Å². The van der Waals surface area contributed by atoms with Gasteiger partial charge in [0, 0.05) is 18.8 Å². The van der Waals surface area contributed by atoms with Gasteiger partial charge in [0.25, 0.3) is 0 Å². The van der Waals surface area contributed by atoms with Gasteiger partial charge in [0.1, 0.15) is 10.6 Å². The minimum absolute atomic E-state index is 0.0824. The van der Waals surface area contributed by atoms with Gasteiger partial charge < -0.3 is 15.0 Å². The Morgan fingerprint density at radius 3 is 2.74 bits per heavy atom. The highest BCUT2D eigenvalue weighted by molar-refractivity contribution is 7.99. The van der Waals surface area contributed by atoms with Gasteiger partial charge in [-0.3, -0.25) is 4.79 Å². The molecule has 2 N–H and O–H groups in total. The smallest absolute Gasteiger partial charge is 0.246 e. The van der Waals surface area contributed by atoms with Crippen LogP contribution in [-0.2, 0) is 14.8 Å². The van der Waals surface area contributed by atoms with E-state index in [9.17, 15) is 13.2 Å². The van der Waals surface area contributed by atoms with Crippen LogP contribution >= 0.6 is 11.8 Å². The van der Waals surface area contributed by atoms with Crippen LogP contribution in [0.15, 0.2) is 52.5 Å². The number of para-hydroxylation sites is 2. The van der Waals surface area contributed by atoms with Crippen LogP contribution in [0.4, 0.5) is 5.69 Å². The number of ether oxygens (including phenoxy) is 1. The molecule has 3 aromatic rings. The van der Waals surface area contributed by atoms with Gasteiger partial charge in [-0.1, -0.05) is 23.9 Å². The quantitative estimate of drug-likeness (QED) is 0.499. The Kier molecular flexibility index (Phi) is 6.49. The van der Waals surface area contributed by atoms with Gasteiger partial charge in [-0.15, -0.1) is 0 Å². The third kappa shape index (κ3) is 4.86. The second-order valence-electron chi connectivity index (χ2n) is 7.10. The van der Waals surface area contributed by atoms with Crippen LogP contribution < -0.4 is 10.1 Å². The monoisotopic (exact) mass is 460 g/mol. The molecule has 0 aliphatic carbocycles. The fourth-order valence-electron chi connectivity index (χ4n) is 3.46. The number of nitrogens with zero attached hydrogens (tertiary/aromatic N) is 2. The van der Waals surface area contributed by atoms with Gasteiger partial charge in [0.05, 0.1) is 23.4 Å². The van der Waals surface area contributed by atoms with E-state index in [0.29, 0.717) is 36.3 Å². The molecule has 2 aromatic carbocycles. The molecule has 0 bridgehead atoms. The third-order valence-electron chi connectivity index (χ3n) is 4.92. The number of fused-ring (bicyclic) bond motifs is 1. The molecule has 0 radical (unpaired) electrons. The van der Waals surface area contributed by atoms with Crippen LogP contribution in [0.2, 0.25) is 0 Å². The fourth-order valence-corrected chi connectivity index (χ4v) is 5.82. The standard InChI is InChI=1S/C21H24N4O4S2/c1-2-29-18-10-9-15(13-19(18)31(27,28)25-11-5-6-12-25)22-20(26)14-30-21-23-16-7-3-4-8-17(16)24-21/h3-4,7-10,13H,2,5-6,11-12,14H2,1H3,(H,22,26)(H,23,24). The molecule has 0 atom stereocenters. The molecule has 10 heteroatoms. The fraction of sp³-hybridized carbons (Fsp3) is 0.333. The normalized spacial score (nSPS) is 14.7. The molecule has 8 nitrogen and oxygen atoms in total. The predicted octanol–water partition coefficient (Wildman–Crippen LogP) is 3.48. The van der Waals surface area contributed by atoms with E-state index in [1.165, 1.54) is 22.1 Å². The maximum absolute atomic E-state index is 13.1. The molecule has 4 rings (SSSR count). The largest absolute Gasteiger partial charge is 0.492 e. The molecule has 1 aliphatic heterocycles. The zero-order chi connectivity index (χ0) is 21.8. The van der Waals surface area contributed by atoms with Crippen molar-refractivity contribution in [1.82, 2.24) is 14.3 Å². The first-order chi connectivity index (χ1) is 15.0. The second kappa shape index (κ2) is 9.29. The summed E-state index contributed by atoms with van der Waals surface area (Å²) >= 11 is 1.29. The first kappa shape index (κ1) is 21.7. The summed E-state index contributed by atoms with van der Waals surface area (Å²) in [6, 6.07) is 12.4. The number of amides is 1. The van der Waals surface area contributed by atoms with Crippen molar-refractivity contribution in [2.24, 2.45) is 0 Å². The summed E-state index contributed by atoms with van der Waals surface area (Å²) < 4.78 is 33.2. The number of hydrogen-bond acceptors (Lipinski definition) is 6. The molecule has 1 saturated heterocycles. The van der Waals surface area contributed by atoms with Crippen molar-refractivity contribution >= 4 is 44.4 Å². The number of hydrogen-bond donors (Lipinski definition) is 2. The lowest BCUT2D eigenvalue weighted by atomic mass is 10.3. The zero-order valence-electron chi connectivity index (χ0n) is 17.1. The summed E-state index contributed by atoms with van der Waals surface area (Å²) in [6.45, 7) is 3.15. The maximum atomic E-state index is 13.1. The molecule has 1 amide bonds. The van der Waals surface area contributed by atoms with E-state index in [-0.39, 0.29) is 16.6 Å². The van der Waals surface area contributed by atoms with Gasteiger partial charge in [-0.25, -0.2) is 13.4 Å². The van der Waals surface area contributed by atoms with E-state index in [2.05, 4.69) is 15.3 Å². The van der Waals surface area contributed by atoms with Crippen LogP contribution in [0, 0.1) is 0 Å². The summed E-state index contributed by atoms with van der Waals surface area (Å²) in [5.41, 5.74) is 2.17. The van der Waals surface area contributed by atoms with Gasteiger partial charge in [0.2, 0.25) is 15.9 Å². The molecule has 2 heterocycles. The molecule has 1 aliphatic rings. The number of sulfonamides is 1. The number of thioether (sulfide) groups is 1. The minimum atomic E-state index is -3.68. The molecule has 31 heavy (non-hydrogen) atoms. The lowest BCUT2D eigenvalue weighted by Crippen LogP contribution is -2.28. The highest BCUT2D eigenvalue weighted by Crippen LogP contribution is 2.32. The van der Waals surface area contributed by atoms with Crippen LogP contribution in [-0.4, -0.2) is 54.0 Å². The number of anilines is 1. The van der Waals surface area contributed by atoms with Crippen molar-refractivity contribution in [2.45, 2.75) is 29.8 Å². The van der Waals surface area contributed by atoms with E-state index >= 15 is 0 Å². The number of aromatic amines is 1. The number of nitrogens with one attached hydrogen (secondary N) is 2. The Morgan fingerprint density at radius 1 is 1.23 bits per heavy atom. The molecule has 1 fully saturated rings. The number of carbonyl (C=O) groups is 1. The van der Waals surface area contributed by atoms with Crippen LogP contribution in [0.3, 0.4) is 0 Å². The lowest BCUT2D eigenvalue weighted by Gasteiger charge is -2.19. The minimum Gasteiger partial charge on any atom is -0.492 e. The van der Waals surface area contributed by atoms with Gasteiger partial charge in [0.15, 0.2) is 5.16 Å². The molecule has 1 aromatic heterocycles. The number of benzene rings is 2. The zero-order valence-corrected chi connectivity index (χ0v) is 18.8. The molecule has 0 unspecified atom stereocenters. The van der Waals surface area contributed by atoms with Crippen molar-refractivity contribution in [3.8, 4) is 5.75 Å². The molecule has 0 saturated carbocycles. The highest BCUT2D eigenvalue weighted by Gasteiger charge is 2.30. The molecule has 164 valence electrons. The number of aromatic nitrogens is 2. The molecular weight excluding hydrogens is 436 g/mol.